The van der Waals surface area contributed by atoms with E-state index in [0.29, 0.717) is 16.9 Å². The van der Waals surface area contributed by atoms with Crippen LogP contribution in [0.15, 0.2) is 18.2 Å². The highest BCUT2D eigenvalue weighted by Gasteiger charge is 2.30. The monoisotopic (exact) mass is 428 g/mol. The lowest BCUT2D eigenvalue weighted by atomic mass is 9.75. The van der Waals surface area contributed by atoms with E-state index >= 15 is 0 Å². The second-order valence-electron chi connectivity index (χ2n) is 10.6. The first-order chi connectivity index (χ1) is 14.9. The maximum absolute atomic E-state index is 12.3. The Morgan fingerprint density at radius 3 is 2.42 bits per heavy atom. The van der Waals surface area contributed by atoms with Crippen LogP contribution in [-0.4, -0.2) is 50.7 Å². The summed E-state index contributed by atoms with van der Waals surface area (Å²) in [7, 11) is 1.48. The van der Waals surface area contributed by atoms with Gasteiger partial charge in [-0.2, -0.15) is 0 Å². The first kappa shape index (κ1) is 24.1. The Kier molecular flexibility index (Phi) is 8.43. The van der Waals surface area contributed by atoms with Crippen molar-refractivity contribution in [2.75, 3.05) is 44.7 Å². The van der Waals surface area contributed by atoms with Crippen molar-refractivity contribution in [3.63, 3.8) is 0 Å². The predicted molar refractivity (Wildman–Crippen MR) is 130 cm³/mol. The Hall–Kier alpha value is -1.55. The van der Waals surface area contributed by atoms with Crippen molar-refractivity contribution in [3.05, 3.63) is 29.3 Å². The van der Waals surface area contributed by atoms with Gasteiger partial charge >= 0.3 is 5.97 Å². The lowest BCUT2D eigenvalue weighted by Crippen LogP contribution is -2.47. The summed E-state index contributed by atoms with van der Waals surface area (Å²) >= 11 is 0. The molecule has 2 fully saturated rings. The van der Waals surface area contributed by atoms with Crippen LogP contribution in [0.5, 0.6) is 0 Å². The fraction of sp³-hybridized carbons (Fsp3) is 0.741. The molecule has 2 aliphatic rings. The van der Waals surface area contributed by atoms with Gasteiger partial charge in [0.2, 0.25) is 0 Å². The third-order valence-corrected chi connectivity index (χ3v) is 7.18. The van der Waals surface area contributed by atoms with Gasteiger partial charge in [0.15, 0.2) is 0 Å². The molecule has 3 rings (SSSR count). The predicted octanol–water partition coefficient (Wildman–Crippen LogP) is 6.11. The molecule has 1 saturated heterocycles. The van der Waals surface area contributed by atoms with Crippen molar-refractivity contribution < 1.29 is 9.53 Å². The number of carbonyl (C=O) groups excluding carboxylic acids is 1. The second-order valence-corrected chi connectivity index (χ2v) is 10.6. The van der Waals surface area contributed by atoms with Gasteiger partial charge in [-0.1, -0.05) is 40.5 Å². The fourth-order valence-electron chi connectivity index (χ4n) is 5.41. The Labute approximate surface area is 190 Å². The number of carbonyl (C=O) groups is 1. The number of hydrogen-bond donors (Lipinski definition) is 0. The van der Waals surface area contributed by atoms with E-state index < -0.39 is 0 Å². The molecule has 4 nitrogen and oxygen atoms in total. The van der Waals surface area contributed by atoms with Crippen molar-refractivity contribution in [2.45, 2.75) is 78.6 Å². The minimum absolute atomic E-state index is 0.231. The van der Waals surface area contributed by atoms with Crippen LogP contribution in [-0.2, 0) is 4.74 Å². The molecule has 174 valence electrons. The number of esters is 1. The number of methoxy groups -OCH3 is 1. The van der Waals surface area contributed by atoms with Crippen LogP contribution in [0.1, 0.15) is 94.5 Å². The summed E-state index contributed by atoms with van der Waals surface area (Å²) < 4.78 is 5.05. The summed E-state index contributed by atoms with van der Waals surface area (Å²) in [6.07, 6.45) is 8.77. The third kappa shape index (κ3) is 6.71. The molecule has 0 bridgehead atoms. The van der Waals surface area contributed by atoms with Crippen molar-refractivity contribution >= 4 is 11.7 Å². The molecule has 1 unspecified atom stereocenters. The van der Waals surface area contributed by atoms with Crippen LogP contribution in [0.25, 0.3) is 0 Å². The molecule has 0 spiro atoms. The van der Waals surface area contributed by atoms with Crippen molar-refractivity contribution in [3.8, 4) is 0 Å². The quantitative estimate of drug-likeness (QED) is 0.398. The lowest BCUT2D eigenvalue weighted by molar-refractivity contribution is 0.0600. The van der Waals surface area contributed by atoms with Gasteiger partial charge in [0, 0.05) is 38.4 Å². The van der Waals surface area contributed by atoms with Gasteiger partial charge in [-0.3, -0.25) is 4.90 Å². The average molecular weight is 429 g/mol. The fourth-order valence-corrected chi connectivity index (χ4v) is 5.41. The Bertz CT molecular complexity index is 718. The van der Waals surface area contributed by atoms with Gasteiger partial charge in [0.1, 0.15) is 0 Å². The SMILES string of the molecule is CCCC(CC(C)(C)CCC)c1cc(C(=O)OC)ccc1N1CCN(CC2CC2)CC1. The standard InChI is InChI=1S/C27H44N2O2/c1-6-8-23(19-27(3,4)13-7-2)24-18-22(26(30)31-5)11-12-25(24)29-16-14-28(15-17-29)20-21-9-10-21/h11-12,18,21,23H,6-10,13-17,19-20H2,1-5H3. The molecule has 0 radical (unpaired) electrons. The van der Waals surface area contributed by atoms with Crippen LogP contribution in [0, 0.1) is 11.3 Å². The summed E-state index contributed by atoms with van der Waals surface area (Å²) in [5.41, 5.74) is 3.67. The molecular weight excluding hydrogens is 384 g/mol. The van der Waals surface area contributed by atoms with Crippen LogP contribution in [0.2, 0.25) is 0 Å². The number of hydrogen-bond acceptors (Lipinski definition) is 4. The van der Waals surface area contributed by atoms with Gasteiger partial charge in [-0.05, 0) is 73.1 Å². The van der Waals surface area contributed by atoms with E-state index in [1.807, 2.05) is 6.07 Å². The summed E-state index contributed by atoms with van der Waals surface area (Å²) in [4.78, 5) is 17.5. The van der Waals surface area contributed by atoms with Crippen molar-refractivity contribution in [1.82, 2.24) is 4.90 Å². The third-order valence-electron chi connectivity index (χ3n) is 7.18. The van der Waals surface area contributed by atoms with E-state index in [4.69, 9.17) is 4.74 Å². The zero-order valence-electron chi connectivity index (χ0n) is 20.6. The lowest BCUT2D eigenvalue weighted by Gasteiger charge is -2.39. The minimum Gasteiger partial charge on any atom is -0.465 e. The first-order valence-electron chi connectivity index (χ1n) is 12.6. The molecule has 0 N–H and O–H groups in total. The van der Waals surface area contributed by atoms with Crippen LogP contribution in [0.3, 0.4) is 0 Å². The molecule has 31 heavy (non-hydrogen) atoms. The number of benzene rings is 1. The molecule has 1 saturated carbocycles. The van der Waals surface area contributed by atoms with Gasteiger partial charge in [-0.15, -0.1) is 0 Å². The molecule has 1 aromatic carbocycles. The van der Waals surface area contributed by atoms with E-state index in [0.717, 1.165) is 51.4 Å². The number of anilines is 1. The summed E-state index contributed by atoms with van der Waals surface area (Å²) in [6.45, 7) is 15.1. The highest BCUT2D eigenvalue weighted by Crippen LogP contribution is 2.41. The topological polar surface area (TPSA) is 32.8 Å². The van der Waals surface area contributed by atoms with Gasteiger partial charge in [0.25, 0.3) is 0 Å². The largest absolute Gasteiger partial charge is 0.465 e. The van der Waals surface area contributed by atoms with E-state index in [-0.39, 0.29) is 5.97 Å². The smallest absolute Gasteiger partial charge is 0.337 e. The van der Waals surface area contributed by atoms with E-state index in [9.17, 15) is 4.79 Å². The van der Waals surface area contributed by atoms with Crippen LogP contribution in [0.4, 0.5) is 5.69 Å². The van der Waals surface area contributed by atoms with Gasteiger partial charge < -0.3 is 9.64 Å². The Balaban J connectivity index is 1.86. The van der Waals surface area contributed by atoms with Crippen LogP contribution >= 0.6 is 0 Å². The first-order valence-corrected chi connectivity index (χ1v) is 12.6. The maximum atomic E-state index is 12.3. The summed E-state index contributed by atoms with van der Waals surface area (Å²) in [5, 5.41) is 0. The Morgan fingerprint density at radius 2 is 1.84 bits per heavy atom. The van der Waals surface area contributed by atoms with E-state index in [2.05, 4.69) is 49.6 Å². The second kappa shape index (κ2) is 10.8. The molecule has 1 aliphatic carbocycles. The van der Waals surface area contributed by atoms with Crippen molar-refractivity contribution in [2.24, 2.45) is 11.3 Å². The normalized spacial score (nSPS) is 18.8. The number of nitrogens with zero attached hydrogens (tertiary/aromatic N) is 2. The maximum Gasteiger partial charge on any atom is 0.337 e. The Morgan fingerprint density at radius 1 is 1.13 bits per heavy atom. The van der Waals surface area contributed by atoms with Gasteiger partial charge in [-0.25, -0.2) is 4.79 Å². The molecule has 0 aromatic heterocycles. The highest BCUT2D eigenvalue weighted by atomic mass is 16.5. The molecule has 1 atom stereocenters. The minimum atomic E-state index is -0.231. The highest BCUT2D eigenvalue weighted by molar-refractivity contribution is 5.90. The van der Waals surface area contributed by atoms with Crippen LogP contribution < -0.4 is 4.90 Å². The molecule has 0 amide bonds. The van der Waals surface area contributed by atoms with Gasteiger partial charge in [0.05, 0.1) is 12.7 Å². The molecule has 4 heteroatoms. The zero-order chi connectivity index (χ0) is 22.4. The molecule has 1 heterocycles. The summed E-state index contributed by atoms with van der Waals surface area (Å²) in [5.74, 6) is 1.19. The molecular formula is C27H44N2O2. The summed E-state index contributed by atoms with van der Waals surface area (Å²) in [6, 6.07) is 6.29. The molecule has 1 aliphatic heterocycles. The number of rotatable bonds is 11. The average Bonchev–Trinajstić information content (AvgIpc) is 3.57. The molecule has 1 aromatic rings. The van der Waals surface area contributed by atoms with Crippen molar-refractivity contribution in [1.29, 1.82) is 0 Å². The number of ether oxygens (including phenoxy) is 1. The zero-order valence-corrected chi connectivity index (χ0v) is 20.6. The van der Waals surface area contributed by atoms with E-state index in [1.54, 1.807) is 0 Å². The van der Waals surface area contributed by atoms with E-state index in [1.165, 1.54) is 50.6 Å². The number of piperazine rings is 1.